The Morgan fingerprint density at radius 2 is 0.902 bits per heavy atom. The van der Waals surface area contributed by atoms with Crippen molar-refractivity contribution in [1.82, 2.24) is 19.1 Å². The molecule has 1 aliphatic heterocycles. The molecule has 2 aromatic heterocycles. The number of aromatic nitrogens is 4. The van der Waals surface area contributed by atoms with Gasteiger partial charge in [0, 0.05) is 70.1 Å². The van der Waals surface area contributed by atoms with Gasteiger partial charge in [0.05, 0.1) is 11.4 Å². The summed E-state index contributed by atoms with van der Waals surface area (Å²) in [6, 6.07) is 30.9. The average molecular weight is 722 g/mol. The molecule has 0 amide bonds. The maximum atomic E-state index is 11.5. The van der Waals surface area contributed by atoms with Crippen LogP contribution in [0.3, 0.4) is 0 Å². The van der Waals surface area contributed by atoms with E-state index in [9.17, 15) is 10.2 Å². The largest absolute Gasteiger partial charge is 0.505 e. The van der Waals surface area contributed by atoms with Crippen LogP contribution < -0.4 is 9.80 Å². The van der Waals surface area contributed by atoms with Gasteiger partial charge in [-0.05, 0) is 36.4 Å². The molecule has 8 nitrogen and oxygen atoms in total. The zero-order chi connectivity index (χ0) is 27.4. The van der Waals surface area contributed by atoms with Crippen LogP contribution in [-0.4, -0.2) is 43.4 Å². The van der Waals surface area contributed by atoms with Crippen molar-refractivity contribution < 1.29 is 31.3 Å². The topological polar surface area (TPSA) is 82.6 Å². The quantitative estimate of drug-likeness (QED) is 0.209. The molecule has 7 rings (SSSR count). The van der Waals surface area contributed by atoms with Crippen LogP contribution in [0.15, 0.2) is 109 Å². The molecule has 8 bridgehead atoms. The molecule has 2 N–H and O–H groups in total. The second-order valence-corrected chi connectivity index (χ2v) is 9.73. The van der Waals surface area contributed by atoms with E-state index >= 15 is 0 Å². The van der Waals surface area contributed by atoms with Gasteiger partial charge in [0.15, 0.2) is 0 Å². The van der Waals surface area contributed by atoms with Crippen molar-refractivity contribution in [1.29, 1.82) is 0 Å². The SMILES string of the molecule is CN1c2cccc(c2O)-c2cccc(c2O)N(C)c2nc(cn2-c2ccccc2)-c2cn(-c3ccccc3)c1n2.[Pt]. The maximum Gasteiger partial charge on any atom is 0.215 e. The Labute approximate surface area is 251 Å². The number of nitrogens with zero attached hydrogens (tertiary/aromatic N) is 6. The molecule has 206 valence electrons. The summed E-state index contributed by atoms with van der Waals surface area (Å²) in [4.78, 5) is 13.8. The van der Waals surface area contributed by atoms with Gasteiger partial charge < -0.3 is 20.0 Å². The number of hydrogen-bond donors (Lipinski definition) is 2. The molecule has 9 heteroatoms. The van der Waals surface area contributed by atoms with Crippen molar-refractivity contribution in [2.75, 3.05) is 23.9 Å². The molecule has 3 heterocycles. The van der Waals surface area contributed by atoms with Gasteiger partial charge >= 0.3 is 0 Å². The van der Waals surface area contributed by atoms with Crippen molar-refractivity contribution in [3.05, 3.63) is 109 Å². The summed E-state index contributed by atoms with van der Waals surface area (Å²) in [5, 5.41) is 23.1. The van der Waals surface area contributed by atoms with Gasteiger partial charge in [0.25, 0.3) is 0 Å². The fourth-order valence-corrected chi connectivity index (χ4v) is 5.27. The Bertz CT molecular complexity index is 1730. The van der Waals surface area contributed by atoms with E-state index in [0.29, 0.717) is 45.8 Å². The third-order valence-corrected chi connectivity index (χ3v) is 7.35. The molecule has 0 spiro atoms. The van der Waals surface area contributed by atoms with Crippen LogP contribution in [0.1, 0.15) is 0 Å². The van der Waals surface area contributed by atoms with Gasteiger partial charge in [-0.15, -0.1) is 0 Å². The number of phenolic OH excluding ortho intramolecular Hbond substituents is 2. The minimum Gasteiger partial charge on any atom is -0.505 e. The summed E-state index contributed by atoms with van der Waals surface area (Å²) in [6.07, 6.45) is 3.92. The number of fused-ring (bicyclic) bond motifs is 10. The van der Waals surface area contributed by atoms with E-state index in [-0.39, 0.29) is 32.6 Å². The molecular weight excluding hydrogens is 695 g/mol. The van der Waals surface area contributed by atoms with E-state index < -0.39 is 0 Å². The molecule has 6 aromatic rings. The Morgan fingerprint density at radius 1 is 0.512 bits per heavy atom. The van der Waals surface area contributed by atoms with Crippen molar-refractivity contribution in [3.63, 3.8) is 0 Å². The predicted molar refractivity (Wildman–Crippen MR) is 157 cm³/mol. The number of phenols is 2. The number of benzene rings is 4. The van der Waals surface area contributed by atoms with Gasteiger partial charge in [-0.2, -0.15) is 0 Å². The standard InChI is InChI=1S/C32H26N6O2.Pt/c1-35-27-17-9-15-23(29(27)39)24-16-10-18-28(30(24)40)36(2)32-34-26(20-38(32)22-13-7-4-8-14-22)25-19-37(31(35)33-25)21-11-5-3-6-12-21;/h3-20,39-40H,1-2H3;. The van der Waals surface area contributed by atoms with E-state index in [2.05, 4.69) is 0 Å². The number of anilines is 4. The number of para-hydroxylation sites is 4. The van der Waals surface area contributed by atoms with Gasteiger partial charge in [0.2, 0.25) is 11.9 Å². The molecule has 0 saturated carbocycles. The Kier molecular flexibility index (Phi) is 6.64. The molecule has 41 heavy (non-hydrogen) atoms. The molecule has 0 atom stereocenters. The van der Waals surface area contributed by atoms with Gasteiger partial charge in [-0.25, -0.2) is 9.97 Å². The smallest absolute Gasteiger partial charge is 0.215 e. The van der Waals surface area contributed by atoms with Gasteiger partial charge in [-0.1, -0.05) is 60.7 Å². The summed E-state index contributed by atoms with van der Waals surface area (Å²) in [5.74, 6) is 1.30. The van der Waals surface area contributed by atoms with Crippen LogP contribution in [0, 0.1) is 0 Å². The van der Waals surface area contributed by atoms with E-state index in [0.717, 1.165) is 11.4 Å². The third-order valence-electron chi connectivity index (χ3n) is 7.35. The van der Waals surface area contributed by atoms with Gasteiger partial charge in [0.1, 0.15) is 22.9 Å². The molecule has 0 fully saturated rings. The first-order chi connectivity index (χ1) is 19.5. The number of hydrogen-bond acceptors (Lipinski definition) is 6. The predicted octanol–water partition coefficient (Wildman–Crippen LogP) is 6.65. The molecule has 0 aliphatic carbocycles. The molecule has 1 aliphatic rings. The third kappa shape index (κ3) is 4.28. The molecule has 0 radical (unpaired) electrons. The van der Waals surface area contributed by atoms with E-state index in [1.54, 1.807) is 12.1 Å². The summed E-state index contributed by atoms with van der Waals surface area (Å²) in [6.45, 7) is 0. The van der Waals surface area contributed by atoms with Crippen LogP contribution in [0.25, 0.3) is 33.9 Å². The second-order valence-electron chi connectivity index (χ2n) is 9.73. The zero-order valence-electron chi connectivity index (χ0n) is 22.3. The Balaban J connectivity index is 0.00000302. The minimum atomic E-state index is 0. The molecule has 0 saturated heterocycles. The molecule has 4 aromatic carbocycles. The average Bonchev–Trinajstić information content (AvgIpc) is 3.63. The first kappa shape index (κ1) is 26.4. The summed E-state index contributed by atoms with van der Waals surface area (Å²) in [5.41, 5.74) is 5.31. The summed E-state index contributed by atoms with van der Waals surface area (Å²) < 4.78 is 3.98. The van der Waals surface area contributed by atoms with Crippen LogP contribution in [0.4, 0.5) is 23.3 Å². The van der Waals surface area contributed by atoms with Crippen LogP contribution in [-0.2, 0) is 21.1 Å². The van der Waals surface area contributed by atoms with Crippen LogP contribution >= 0.6 is 0 Å². The fraction of sp³-hybridized carbons (Fsp3) is 0.0625. The van der Waals surface area contributed by atoms with Crippen molar-refractivity contribution in [2.45, 2.75) is 0 Å². The van der Waals surface area contributed by atoms with Crippen molar-refractivity contribution in [2.24, 2.45) is 0 Å². The summed E-state index contributed by atoms with van der Waals surface area (Å²) in [7, 11) is 3.74. The van der Waals surface area contributed by atoms with E-state index in [1.165, 1.54) is 0 Å². The molecule has 0 unspecified atom stereocenters. The monoisotopic (exact) mass is 721 g/mol. The van der Waals surface area contributed by atoms with Crippen LogP contribution in [0.2, 0.25) is 0 Å². The fourth-order valence-electron chi connectivity index (χ4n) is 5.27. The maximum absolute atomic E-state index is 11.5. The number of rotatable bonds is 2. The first-order valence-corrected chi connectivity index (χ1v) is 12.9. The van der Waals surface area contributed by atoms with E-state index in [4.69, 9.17) is 9.97 Å². The number of imidazole rings is 2. The Hall–Kier alpha value is -4.81. The van der Waals surface area contributed by atoms with Crippen LogP contribution in [0.5, 0.6) is 11.5 Å². The van der Waals surface area contributed by atoms with Gasteiger partial charge in [-0.3, -0.25) is 9.13 Å². The summed E-state index contributed by atoms with van der Waals surface area (Å²) >= 11 is 0. The van der Waals surface area contributed by atoms with Crippen molar-refractivity contribution >= 4 is 23.3 Å². The second kappa shape index (κ2) is 10.3. The Morgan fingerprint density at radius 3 is 1.29 bits per heavy atom. The first-order valence-electron chi connectivity index (χ1n) is 12.9. The minimum absolute atomic E-state index is 0. The van der Waals surface area contributed by atoms with Crippen molar-refractivity contribution in [3.8, 4) is 45.4 Å². The molecular formula is C32H26N6O2Pt. The van der Waals surface area contributed by atoms with E-state index in [1.807, 2.05) is 130 Å². The number of aromatic hydroxyl groups is 2. The normalized spacial score (nSPS) is 12.0. The zero-order valence-corrected chi connectivity index (χ0v) is 24.6.